The molecule has 1 aliphatic heterocycles. The summed E-state index contributed by atoms with van der Waals surface area (Å²) in [6.07, 6.45) is 1.84. The van der Waals surface area contributed by atoms with E-state index >= 15 is 0 Å². The molecule has 0 saturated heterocycles. The van der Waals surface area contributed by atoms with Crippen LogP contribution in [0.5, 0.6) is 0 Å². The molecule has 2 N–H and O–H groups in total. The van der Waals surface area contributed by atoms with Crippen LogP contribution in [-0.2, 0) is 14.8 Å². The largest absolute Gasteiger partial charge is 0.333 e. The molecule has 0 unspecified atom stereocenters. The number of carbonyl (C=O) groups excluding carboxylic acids is 2. The number of hydrazone groups is 1. The zero-order valence-electron chi connectivity index (χ0n) is 17.9. The Morgan fingerprint density at radius 1 is 1.24 bits per heavy atom. The van der Waals surface area contributed by atoms with Crippen molar-refractivity contribution in [2.24, 2.45) is 5.10 Å². The van der Waals surface area contributed by atoms with Gasteiger partial charge >= 0.3 is 6.03 Å². The third kappa shape index (κ3) is 6.25. The molecule has 178 valence electrons. The van der Waals surface area contributed by atoms with Crippen LogP contribution in [0, 0.1) is 5.82 Å². The summed E-state index contributed by atoms with van der Waals surface area (Å²) in [6.45, 7) is 4.86. The number of carbonyl (C=O) groups is 2. The Bertz CT molecular complexity index is 1300. The van der Waals surface area contributed by atoms with Crippen molar-refractivity contribution in [1.82, 2.24) is 4.72 Å². The lowest BCUT2D eigenvalue weighted by Crippen LogP contribution is -2.35. The van der Waals surface area contributed by atoms with Gasteiger partial charge < -0.3 is 5.32 Å². The van der Waals surface area contributed by atoms with Crippen molar-refractivity contribution in [1.29, 1.82) is 0 Å². The lowest BCUT2D eigenvalue weighted by atomic mass is 10.0. The van der Waals surface area contributed by atoms with Crippen LogP contribution in [0.25, 0.3) is 0 Å². The normalized spacial score (nSPS) is 14.4. The molecular weight excluding hydrogens is 503 g/mol. The molecule has 12 heteroatoms. The molecule has 0 aliphatic carbocycles. The first-order valence-electron chi connectivity index (χ1n) is 9.88. The monoisotopic (exact) mass is 522 g/mol. The van der Waals surface area contributed by atoms with Crippen LogP contribution in [0.3, 0.4) is 0 Å². The van der Waals surface area contributed by atoms with E-state index < -0.39 is 21.9 Å². The summed E-state index contributed by atoms with van der Waals surface area (Å²) in [5.41, 5.74) is 1.35. The van der Waals surface area contributed by atoms with Gasteiger partial charge in [-0.3, -0.25) is 4.79 Å². The first-order valence-corrected chi connectivity index (χ1v) is 12.6. The van der Waals surface area contributed by atoms with Crippen LogP contribution in [0.15, 0.2) is 74.9 Å². The maximum atomic E-state index is 14.9. The SMILES string of the molecule is C=C(Cl)S/C(=C\C)S(=O)(=O)NC(=O)Nc1ccc(N2N=C(c3ccccc3)CCC2=O)c(F)c1. The third-order valence-corrected chi connectivity index (χ3v) is 7.53. The summed E-state index contributed by atoms with van der Waals surface area (Å²) in [5, 5.41) is 7.55. The fraction of sp³-hybridized carbons (Fsp3) is 0.136. The van der Waals surface area contributed by atoms with Gasteiger partial charge in [0.2, 0.25) is 5.91 Å². The summed E-state index contributed by atoms with van der Waals surface area (Å²) in [5.74, 6) is -1.20. The molecule has 1 heterocycles. The molecule has 2 aromatic carbocycles. The Morgan fingerprint density at radius 2 is 1.94 bits per heavy atom. The fourth-order valence-corrected chi connectivity index (χ4v) is 5.34. The molecule has 3 rings (SSSR count). The van der Waals surface area contributed by atoms with E-state index in [-0.39, 0.29) is 32.3 Å². The second-order valence-electron chi connectivity index (χ2n) is 6.91. The van der Waals surface area contributed by atoms with E-state index in [2.05, 4.69) is 17.0 Å². The van der Waals surface area contributed by atoms with Gasteiger partial charge in [0.05, 0.1) is 10.1 Å². The lowest BCUT2D eigenvalue weighted by molar-refractivity contribution is -0.118. The number of urea groups is 1. The van der Waals surface area contributed by atoms with Crippen molar-refractivity contribution in [2.45, 2.75) is 19.8 Å². The minimum absolute atomic E-state index is 0.00174. The molecule has 0 atom stereocenters. The van der Waals surface area contributed by atoms with Gasteiger partial charge in [-0.25, -0.2) is 22.3 Å². The standard InChI is InChI=1S/C22H20ClFN4O4S2/c1-3-21(33-14(2)23)34(31,32)27-22(30)25-16-9-11-19(17(24)13-16)28-20(29)12-10-18(26-28)15-7-5-4-6-8-15/h3-9,11,13H,2,10,12H2,1H3,(H2,25,27,30)/b21-3+. The molecule has 0 saturated carbocycles. The zero-order chi connectivity index (χ0) is 24.9. The number of nitrogens with zero attached hydrogens (tertiary/aromatic N) is 2. The van der Waals surface area contributed by atoms with Gasteiger partial charge in [0.1, 0.15) is 9.92 Å². The van der Waals surface area contributed by atoms with Gasteiger partial charge in [0.15, 0.2) is 5.82 Å². The maximum absolute atomic E-state index is 14.9. The molecule has 3 amide bonds. The quantitative estimate of drug-likeness (QED) is 0.525. The number of halogens is 2. The van der Waals surface area contributed by atoms with E-state index in [4.69, 9.17) is 11.6 Å². The number of rotatable bonds is 7. The van der Waals surface area contributed by atoms with Crippen LogP contribution in [0.2, 0.25) is 0 Å². The van der Waals surface area contributed by atoms with Gasteiger partial charge in [-0.05, 0) is 30.7 Å². The Labute approximate surface area is 205 Å². The highest BCUT2D eigenvalue weighted by atomic mass is 35.5. The van der Waals surface area contributed by atoms with Crippen LogP contribution >= 0.6 is 23.4 Å². The fourth-order valence-electron chi connectivity index (χ4n) is 3.04. The van der Waals surface area contributed by atoms with E-state index in [1.807, 2.05) is 35.1 Å². The van der Waals surface area contributed by atoms with Crippen LogP contribution in [-0.4, -0.2) is 26.1 Å². The number of anilines is 2. The average Bonchev–Trinajstić information content (AvgIpc) is 2.78. The lowest BCUT2D eigenvalue weighted by Gasteiger charge is -2.24. The number of thioether (sulfide) groups is 1. The van der Waals surface area contributed by atoms with Crippen LogP contribution < -0.4 is 15.0 Å². The molecular formula is C22H20ClFN4O4S2. The summed E-state index contributed by atoms with van der Waals surface area (Å²) < 4.78 is 41.1. The zero-order valence-corrected chi connectivity index (χ0v) is 20.3. The van der Waals surface area contributed by atoms with Crippen molar-refractivity contribution in [3.8, 4) is 0 Å². The van der Waals surface area contributed by atoms with Gasteiger partial charge in [-0.1, -0.05) is 66.3 Å². The Balaban J connectivity index is 1.77. The number of hydrogen-bond donors (Lipinski definition) is 2. The molecule has 2 aromatic rings. The van der Waals surface area contributed by atoms with E-state index in [9.17, 15) is 22.4 Å². The van der Waals surface area contributed by atoms with E-state index in [0.29, 0.717) is 23.9 Å². The second kappa shape index (κ2) is 10.9. The van der Waals surface area contributed by atoms with E-state index in [1.54, 1.807) is 0 Å². The van der Waals surface area contributed by atoms with Crippen molar-refractivity contribution < 1.29 is 22.4 Å². The number of allylic oxidation sites excluding steroid dienone is 1. The summed E-state index contributed by atoms with van der Waals surface area (Å²) in [6, 6.07) is 11.7. The molecule has 8 nitrogen and oxygen atoms in total. The molecule has 1 aliphatic rings. The van der Waals surface area contributed by atoms with Gasteiger partial charge in [-0.15, -0.1) is 0 Å². The first kappa shape index (κ1) is 25.5. The topological polar surface area (TPSA) is 108 Å². The van der Waals surface area contributed by atoms with E-state index in [1.165, 1.54) is 25.1 Å². The Kier molecular flexibility index (Phi) is 8.13. The number of hydrogen-bond acceptors (Lipinski definition) is 6. The highest BCUT2D eigenvalue weighted by Gasteiger charge is 2.26. The third-order valence-electron chi connectivity index (χ3n) is 4.51. The van der Waals surface area contributed by atoms with E-state index in [0.717, 1.165) is 16.6 Å². The van der Waals surface area contributed by atoms with Crippen molar-refractivity contribution in [3.63, 3.8) is 0 Å². The molecule has 0 bridgehead atoms. The highest BCUT2D eigenvalue weighted by Crippen LogP contribution is 2.30. The second-order valence-corrected chi connectivity index (χ2v) is 10.6. The average molecular weight is 523 g/mol. The molecule has 0 fully saturated rings. The highest BCUT2D eigenvalue weighted by molar-refractivity contribution is 8.21. The number of nitrogens with one attached hydrogen (secondary N) is 2. The molecule has 34 heavy (non-hydrogen) atoms. The summed E-state index contributed by atoms with van der Waals surface area (Å²) in [7, 11) is -4.21. The van der Waals surface area contributed by atoms with Gasteiger partial charge in [0.25, 0.3) is 10.0 Å². The minimum Gasteiger partial charge on any atom is -0.307 e. The number of sulfonamides is 1. The van der Waals surface area contributed by atoms with Crippen LogP contribution in [0.4, 0.5) is 20.6 Å². The summed E-state index contributed by atoms with van der Waals surface area (Å²) in [4.78, 5) is 24.6. The minimum atomic E-state index is -4.21. The molecule has 0 aromatic heterocycles. The number of amides is 3. The molecule has 0 spiro atoms. The van der Waals surface area contributed by atoms with Crippen molar-refractivity contribution in [2.75, 3.05) is 10.3 Å². The maximum Gasteiger partial charge on any atom is 0.333 e. The van der Waals surface area contributed by atoms with Gasteiger partial charge in [-0.2, -0.15) is 10.1 Å². The first-order chi connectivity index (χ1) is 16.1. The van der Waals surface area contributed by atoms with Crippen molar-refractivity contribution >= 4 is 62.4 Å². The predicted octanol–water partition coefficient (Wildman–Crippen LogP) is 5.11. The predicted molar refractivity (Wildman–Crippen MR) is 134 cm³/mol. The smallest absolute Gasteiger partial charge is 0.307 e. The summed E-state index contributed by atoms with van der Waals surface area (Å²) >= 11 is 6.30. The number of benzene rings is 2. The Morgan fingerprint density at radius 3 is 2.56 bits per heavy atom. The van der Waals surface area contributed by atoms with Crippen LogP contribution in [0.1, 0.15) is 25.3 Å². The van der Waals surface area contributed by atoms with Crippen molar-refractivity contribution in [3.05, 3.63) is 81.2 Å². The molecule has 0 radical (unpaired) electrons. The Hall–Kier alpha value is -3.15. The van der Waals surface area contributed by atoms with Gasteiger partial charge in [0, 0.05) is 18.5 Å².